The molecule has 0 radical (unpaired) electrons. The third-order valence-corrected chi connectivity index (χ3v) is 3.20. The number of ether oxygens (including phenoxy) is 1. The molecule has 2 aromatic heterocycles. The van der Waals surface area contributed by atoms with Gasteiger partial charge in [-0.25, -0.2) is 0 Å². The summed E-state index contributed by atoms with van der Waals surface area (Å²) in [5, 5.41) is 0.780. The Kier molecular flexibility index (Phi) is 2.87. The molecule has 0 unspecified atom stereocenters. The molecule has 5 heteroatoms. The molecule has 0 bridgehead atoms. The maximum absolute atomic E-state index is 12.7. The van der Waals surface area contributed by atoms with E-state index >= 15 is 0 Å². The Bertz CT molecular complexity index is 793. The zero-order chi connectivity index (χ0) is 14.1. The first-order valence-corrected chi connectivity index (χ1v) is 6.10. The van der Waals surface area contributed by atoms with Gasteiger partial charge in [-0.15, -0.1) is 0 Å². The van der Waals surface area contributed by atoms with Crippen LogP contribution in [0.1, 0.15) is 15.9 Å². The normalized spacial score (nSPS) is 10.7. The number of ketones is 1. The van der Waals surface area contributed by atoms with E-state index in [4.69, 9.17) is 10.5 Å². The number of aromatic nitrogens is 2. The Morgan fingerprint density at radius 1 is 1.30 bits per heavy atom. The number of methoxy groups -OCH3 is 1. The van der Waals surface area contributed by atoms with Gasteiger partial charge in [-0.2, -0.15) is 0 Å². The van der Waals surface area contributed by atoms with Crippen molar-refractivity contribution >= 4 is 22.4 Å². The number of nitrogens with two attached hydrogens (primary N) is 1. The van der Waals surface area contributed by atoms with Gasteiger partial charge in [0.15, 0.2) is 5.78 Å². The van der Waals surface area contributed by atoms with Gasteiger partial charge in [0.2, 0.25) is 0 Å². The maximum atomic E-state index is 12.7. The van der Waals surface area contributed by atoms with Gasteiger partial charge >= 0.3 is 0 Å². The van der Waals surface area contributed by atoms with Crippen LogP contribution >= 0.6 is 0 Å². The predicted octanol–water partition coefficient (Wildman–Crippen LogP) is 2.38. The highest BCUT2D eigenvalue weighted by Gasteiger charge is 2.18. The van der Waals surface area contributed by atoms with Gasteiger partial charge in [0, 0.05) is 40.7 Å². The maximum Gasteiger partial charge on any atom is 0.199 e. The number of nitrogen functional groups attached to an aromatic ring is 1. The van der Waals surface area contributed by atoms with Gasteiger partial charge in [-0.1, -0.05) is 0 Å². The van der Waals surface area contributed by atoms with Crippen LogP contribution in [0.3, 0.4) is 0 Å². The number of nitrogens with zero attached hydrogens (tertiary/aromatic N) is 1. The summed E-state index contributed by atoms with van der Waals surface area (Å²) >= 11 is 0. The van der Waals surface area contributed by atoms with Crippen molar-refractivity contribution in [2.24, 2.45) is 0 Å². The first-order chi connectivity index (χ1) is 9.70. The number of rotatable bonds is 3. The molecular formula is C15H13N3O2. The van der Waals surface area contributed by atoms with Crippen molar-refractivity contribution in [3.8, 4) is 5.75 Å². The number of pyridine rings is 1. The lowest BCUT2D eigenvalue weighted by atomic mass is 10.0. The first-order valence-electron chi connectivity index (χ1n) is 6.10. The predicted molar refractivity (Wildman–Crippen MR) is 76.9 cm³/mol. The highest BCUT2D eigenvalue weighted by molar-refractivity contribution is 6.17. The highest BCUT2D eigenvalue weighted by atomic mass is 16.5. The minimum absolute atomic E-state index is 0.145. The molecule has 100 valence electrons. The molecule has 3 rings (SSSR count). The van der Waals surface area contributed by atoms with E-state index in [1.807, 2.05) is 6.07 Å². The average Bonchev–Trinajstić information content (AvgIpc) is 2.90. The van der Waals surface area contributed by atoms with Gasteiger partial charge in [-0.3, -0.25) is 9.78 Å². The fourth-order valence-corrected chi connectivity index (χ4v) is 2.20. The van der Waals surface area contributed by atoms with Crippen LogP contribution in [0, 0.1) is 0 Å². The summed E-state index contributed by atoms with van der Waals surface area (Å²) in [7, 11) is 1.53. The second-order valence-electron chi connectivity index (χ2n) is 4.41. The Balaban J connectivity index is 2.15. The third kappa shape index (κ3) is 1.89. The number of hydrogen-bond donors (Lipinski definition) is 2. The van der Waals surface area contributed by atoms with E-state index in [9.17, 15) is 4.79 Å². The van der Waals surface area contributed by atoms with E-state index < -0.39 is 0 Å². The van der Waals surface area contributed by atoms with E-state index in [0.29, 0.717) is 22.6 Å². The van der Waals surface area contributed by atoms with Crippen molar-refractivity contribution in [1.82, 2.24) is 9.97 Å². The Morgan fingerprint density at radius 3 is 2.95 bits per heavy atom. The smallest absolute Gasteiger partial charge is 0.199 e. The quantitative estimate of drug-likeness (QED) is 0.564. The van der Waals surface area contributed by atoms with Crippen LogP contribution in [0.2, 0.25) is 0 Å². The van der Waals surface area contributed by atoms with Crippen molar-refractivity contribution in [3.63, 3.8) is 0 Å². The molecule has 0 aliphatic carbocycles. The van der Waals surface area contributed by atoms with E-state index in [-0.39, 0.29) is 5.78 Å². The summed E-state index contributed by atoms with van der Waals surface area (Å²) in [4.78, 5) is 19.8. The highest BCUT2D eigenvalue weighted by Crippen LogP contribution is 2.27. The fourth-order valence-electron chi connectivity index (χ4n) is 2.20. The minimum atomic E-state index is -0.145. The number of carbonyl (C=O) groups is 1. The Morgan fingerprint density at radius 2 is 2.15 bits per heavy atom. The number of hydrogen-bond acceptors (Lipinski definition) is 4. The number of carbonyl (C=O) groups excluding carboxylic acids is 1. The molecule has 0 amide bonds. The van der Waals surface area contributed by atoms with Crippen LogP contribution in [0.5, 0.6) is 5.75 Å². The second kappa shape index (κ2) is 4.70. The van der Waals surface area contributed by atoms with Crippen molar-refractivity contribution < 1.29 is 9.53 Å². The molecule has 0 spiro atoms. The monoisotopic (exact) mass is 267 g/mol. The largest absolute Gasteiger partial charge is 0.496 e. The Hall–Kier alpha value is -2.82. The third-order valence-electron chi connectivity index (χ3n) is 3.20. The molecular weight excluding hydrogens is 254 g/mol. The van der Waals surface area contributed by atoms with E-state index in [1.165, 1.54) is 7.11 Å². The number of fused-ring (bicyclic) bond motifs is 1. The molecule has 2 heterocycles. The molecule has 3 aromatic rings. The topological polar surface area (TPSA) is 81.0 Å². The summed E-state index contributed by atoms with van der Waals surface area (Å²) < 4.78 is 5.23. The molecule has 0 aliphatic rings. The van der Waals surface area contributed by atoms with Crippen molar-refractivity contribution in [2.75, 3.05) is 12.8 Å². The summed E-state index contributed by atoms with van der Waals surface area (Å²) in [6, 6.07) is 6.83. The molecule has 1 aromatic carbocycles. The second-order valence-corrected chi connectivity index (χ2v) is 4.41. The zero-order valence-corrected chi connectivity index (χ0v) is 10.9. The molecule has 0 aliphatic heterocycles. The van der Waals surface area contributed by atoms with Gasteiger partial charge in [-0.05, 0) is 24.3 Å². The van der Waals surface area contributed by atoms with E-state index in [2.05, 4.69) is 9.97 Å². The first kappa shape index (κ1) is 12.2. The van der Waals surface area contributed by atoms with Gasteiger partial charge < -0.3 is 15.5 Å². The van der Waals surface area contributed by atoms with Crippen LogP contribution < -0.4 is 10.5 Å². The number of benzene rings is 1. The van der Waals surface area contributed by atoms with Crippen LogP contribution in [0.25, 0.3) is 10.9 Å². The van der Waals surface area contributed by atoms with Crippen molar-refractivity contribution in [1.29, 1.82) is 0 Å². The van der Waals surface area contributed by atoms with Gasteiger partial charge in [0.05, 0.1) is 12.7 Å². The van der Waals surface area contributed by atoms with Crippen LogP contribution in [0.15, 0.2) is 42.9 Å². The lowest BCUT2D eigenvalue weighted by molar-refractivity contribution is 0.103. The standard InChI is InChI=1S/C15H13N3O2/c1-20-14-3-2-9(16)6-10(14)15(19)12-8-18-13-4-5-17-7-11(12)13/h2-8,18H,16H2,1H3. The van der Waals surface area contributed by atoms with Gasteiger partial charge in [0.1, 0.15) is 5.75 Å². The fraction of sp³-hybridized carbons (Fsp3) is 0.0667. The van der Waals surface area contributed by atoms with E-state index in [0.717, 1.165) is 10.9 Å². The molecule has 0 atom stereocenters. The lowest BCUT2D eigenvalue weighted by Gasteiger charge is -2.08. The zero-order valence-electron chi connectivity index (χ0n) is 10.9. The number of anilines is 1. The number of aromatic amines is 1. The van der Waals surface area contributed by atoms with Crippen LogP contribution in [0.4, 0.5) is 5.69 Å². The summed E-state index contributed by atoms with van der Waals surface area (Å²) in [5.74, 6) is 0.357. The summed E-state index contributed by atoms with van der Waals surface area (Å²) in [6.45, 7) is 0. The summed E-state index contributed by atoms with van der Waals surface area (Å²) in [6.07, 6.45) is 5.02. The molecule has 5 nitrogen and oxygen atoms in total. The summed E-state index contributed by atoms with van der Waals surface area (Å²) in [5.41, 5.74) is 8.14. The Labute approximate surface area is 115 Å². The molecule has 20 heavy (non-hydrogen) atoms. The molecule has 3 N–H and O–H groups in total. The molecule has 0 fully saturated rings. The van der Waals surface area contributed by atoms with Crippen LogP contribution in [-0.4, -0.2) is 22.9 Å². The van der Waals surface area contributed by atoms with Crippen LogP contribution in [-0.2, 0) is 0 Å². The molecule has 0 saturated carbocycles. The van der Waals surface area contributed by atoms with E-state index in [1.54, 1.807) is 36.8 Å². The minimum Gasteiger partial charge on any atom is -0.496 e. The van der Waals surface area contributed by atoms with Crippen molar-refractivity contribution in [3.05, 3.63) is 54.0 Å². The van der Waals surface area contributed by atoms with Gasteiger partial charge in [0.25, 0.3) is 0 Å². The van der Waals surface area contributed by atoms with Crippen molar-refractivity contribution in [2.45, 2.75) is 0 Å². The molecule has 0 saturated heterocycles. The average molecular weight is 267 g/mol. The lowest BCUT2D eigenvalue weighted by Crippen LogP contribution is -2.04. The SMILES string of the molecule is COc1ccc(N)cc1C(=O)c1c[nH]c2ccncc12. The number of nitrogens with one attached hydrogen (secondary N) is 1. The number of H-pyrrole nitrogens is 1.